The van der Waals surface area contributed by atoms with E-state index in [1.165, 1.54) is 0 Å². The minimum atomic E-state index is 0.708. The van der Waals surface area contributed by atoms with Crippen LogP contribution in [-0.2, 0) is 17.7 Å². The van der Waals surface area contributed by atoms with Crippen LogP contribution in [0, 0.1) is 0 Å². The average molecular weight is 226 g/mol. The quantitative estimate of drug-likeness (QED) is 0.638. The third-order valence-electron chi connectivity index (χ3n) is 2.29. The van der Waals surface area contributed by atoms with Gasteiger partial charge in [0.15, 0.2) is 0 Å². The second kappa shape index (κ2) is 8.24. The summed E-state index contributed by atoms with van der Waals surface area (Å²) in [6, 6.07) is 0. The van der Waals surface area contributed by atoms with Crippen molar-refractivity contribution in [2.75, 3.05) is 19.8 Å². The molecule has 0 aliphatic carbocycles. The van der Waals surface area contributed by atoms with Crippen LogP contribution in [0.3, 0.4) is 0 Å². The second-order valence-corrected chi connectivity index (χ2v) is 3.83. The molecule has 2 N–H and O–H groups in total. The van der Waals surface area contributed by atoms with E-state index >= 15 is 0 Å². The van der Waals surface area contributed by atoms with Gasteiger partial charge >= 0.3 is 0 Å². The number of nitrogens with two attached hydrogens (primary N) is 1. The van der Waals surface area contributed by atoms with E-state index in [0.29, 0.717) is 6.61 Å². The topological polar surface area (TPSA) is 66.0 Å². The zero-order chi connectivity index (χ0) is 11.6. The molecule has 92 valence electrons. The molecular formula is C11H22N4O. The smallest absolute Gasteiger partial charge is 0.0827 e. The predicted molar refractivity (Wildman–Crippen MR) is 63.1 cm³/mol. The van der Waals surface area contributed by atoms with Crippen LogP contribution in [0.4, 0.5) is 0 Å². The van der Waals surface area contributed by atoms with Crippen molar-refractivity contribution in [3.8, 4) is 0 Å². The first-order valence-electron chi connectivity index (χ1n) is 6.03. The van der Waals surface area contributed by atoms with Gasteiger partial charge in [0.05, 0.1) is 18.8 Å². The highest BCUT2D eigenvalue weighted by atomic mass is 16.5. The van der Waals surface area contributed by atoms with Crippen molar-refractivity contribution in [1.82, 2.24) is 15.0 Å². The molecule has 1 rings (SSSR count). The molecule has 5 heteroatoms. The van der Waals surface area contributed by atoms with Crippen molar-refractivity contribution in [3.05, 3.63) is 11.9 Å². The van der Waals surface area contributed by atoms with E-state index in [1.807, 2.05) is 10.9 Å². The summed E-state index contributed by atoms with van der Waals surface area (Å²) in [5, 5.41) is 8.15. The molecule has 0 bridgehead atoms. The van der Waals surface area contributed by atoms with Crippen LogP contribution in [0.25, 0.3) is 0 Å². The standard InChI is InChI=1S/C11H22N4O/c1-2-8-16-9-7-15-10-11(13-14-15)5-3-4-6-12/h10H,2-9,12H2,1H3. The van der Waals surface area contributed by atoms with Crippen LogP contribution in [0.5, 0.6) is 0 Å². The summed E-state index contributed by atoms with van der Waals surface area (Å²) < 4.78 is 7.23. The van der Waals surface area contributed by atoms with E-state index in [1.54, 1.807) is 0 Å². The maximum atomic E-state index is 5.43. The summed E-state index contributed by atoms with van der Waals surface area (Å²) in [4.78, 5) is 0. The summed E-state index contributed by atoms with van der Waals surface area (Å²) in [5.74, 6) is 0. The van der Waals surface area contributed by atoms with Gasteiger partial charge in [-0.15, -0.1) is 5.10 Å². The van der Waals surface area contributed by atoms with Crippen LogP contribution in [0.15, 0.2) is 6.20 Å². The maximum absolute atomic E-state index is 5.43. The SMILES string of the molecule is CCCOCCn1cc(CCCCN)nn1. The van der Waals surface area contributed by atoms with E-state index in [2.05, 4.69) is 17.2 Å². The number of ether oxygens (including phenoxy) is 1. The Morgan fingerprint density at radius 1 is 1.38 bits per heavy atom. The molecule has 0 saturated heterocycles. The molecule has 0 aromatic carbocycles. The highest BCUT2D eigenvalue weighted by Crippen LogP contribution is 2.00. The van der Waals surface area contributed by atoms with Crippen LogP contribution >= 0.6 is 0 Å². The minimum Gasteiger partial charge on any atom is -0.380 e. The first kappa shape index (κ1) is 13.1. The molecule has 0 aliphatic rings. The Bertz CT molecular complexity index is 275. The highest BCUT2D eigenvalue weighted by Gasteiger charge is 2.00. The molecule has 0 aliphatic heterocycles. The lowest BCUT2D eigenvalue weighted by molar-refractivity contribution is 0.124. The lowest BCUT2D eigenvalue weighted by Gasteiger charge is -2.01. The lowest BCUT2D eigenvalue weighted by Crippen LogP contribution is -2.07. The molecule has 0 atom stereocenters. The summed E-state index contributed by atoms with van der Waals surface area (Å²) in [6.07, 6.45) is 6.15. The first-order chi connectivity index (χ1) is 7.86. The molecule has 1 aromatic rings. The molecule has 0 amide bonds. The second-order valence-electron chi connectivity index (χ2n) is 3.83. The summed E-state index contributed by atoms with van der Waals surface area (Å²) in [6.45, 7) is 5.16. The van der Waals surface area contributed by atoms with Gasteiger partial charge in [-0.05, 0) is 32.2 Å². The maximum Gasteiger partial charge on any atom is 0.0827 e. The largest absolute Gasteiger partial charge is 0.380 e. The highest BCUT2D eigenvalue weighted by molar-refractivity contribution is 4.92. The van der Waals surface area contributed by atoms with E-state index in [4.69, 9.17) is 10.5 Å². The summed E-state index contributed by atoms with van der Waals surface area (Å²) in [5.41, 5.74) is 6.48. The fourth-order valence-electron chi connectivity index (χ4n) is 1.42. The Morgan fingerprint density at radius 3 is 3.00 bits per heavy atom. The Kier molecular flexibility index (Phi) is 6.76. The van der Waals surface area contributed by atoms with Crippen LogP contribution in [0.1, 0.15) is 31.9 Å². The van der Waals surface area contributed by atoms with Gasteiger partial charge in [-0.3, -0.25) is 0 Å². The van der Waals surface area contributed by atoms with E-state index in [9.17, 15) is 0 Å². The fraction of sp³-hybridized carbons (Fsp3) is 0.818. The minimum absolute atomic E-state index is 0.708. The van der Waals surface area contributed by atoms with Gasteiger partial charge in [0.2, 0.25) is 0 Å². The molecule has 0 fully saturated rings. The molecule has 0 saturated carbocycles. The van der Waals surface area contributed by atoms with Gasteiger partial charge in [-0.1, -0.05) is 12.1 Å². The van der Waals surface area contributed by atoms with E-state index in [0.717, 1.165) is 51.1 Å². The lowest BCUT2D eigenvalue weighted by atomic mass is 10.2. The predicted octanol–water partition coefficient (Wildman–Crippen LogP) is 0.986. The van der Waals surface area contributed by atoms with Crippen LogP contribution in [0.2, 0.25) is 0 Å². The Morgan fingerprint density at radius 2 is 2.25 bits per heavy atom. The number of rotatable bonds is 9. The van der Waals surface area contributed by atoms with Gasteiger partial charge in [0.25, 0.3) is 0 Å². The number of aromatic nitrogens is 3. The zero-order valence-electron chi connectivity index (χ0n) is 10.1. The molecular weight excluding hydrogens is 204 g/mol. The van der Waals surface area contributed by atoms with Crippen molar-refractivity contribution < 1.29 is 4.74 Å². The monoisotopic (exact) mass is 226 g/mol. The number of hydrogen-bond donors (Lipinski definition) is 1. The van der Waals surface area contributed by atoms with Crippen molar-refractivity contribution >= 4 is 0 Å². The molecule has 1 aromatic heterocycles. The molecule has 0 spiro atoms. The number of nitrogens with zero attached hydrogens (tertiary/aromatic N) is 3. The van der Waals surface area contributed by atoms with Gasteiger partial charge in [-0.25, -0.2) is 4.68 Å². The molecule has 1 heterocycles. The Hall–Kier alpha value is -0.940. The number of aryl methyl sites for hydroxylation is 1. The van der Waals surface area contributed by atoms with Gasteiger partial charge < -0.3 is 10.5 Å². The van der Waals surface area contributed by atoms with Crippen LogP contribution < -0.4 is 5.73 Å². The van der Waals surface area contributed by atoms with Gasteiger partial charge in [0.1, 0.15) is 0 Å². The van der Waals surface area contributed by atoms with E-state index in [-0.39, 0.29) is 0 Å². The van der Waals surface area contributed by atoms with Crippen molar-refractivity contribution in [2.45, 2.75) is 39.2 Å². The van der Waals surface area contributed by atoms with Crippen LogP contribution in [-0.4, -0.2) is 34.8 Å². The Balaban J connectivity index is 2.17. The summed E-state index contributed by atoms with van der Waals surface area (Å²) in [7, 11) is 0. The summed E-state index contributed by atoms with van der Waals surface area (Å²) >= 11 is 0. The molecule has 5 nitrogen and oxygen atoms in total. The van der Waals surface area contributed by atoms with Gasteiger partial charge in [0, 0.05) is 12.8 Å². The molecule has 16 heavy (non-hydrogen) atoms. The third kappa shape index (κ3) is 5.23. The molecule has 0 radical (unpaired) electrons. The number of hydrogen-bond acceptors (Lipinski definition) is 4. The molecule has 0 unspecified atom stereocenters. The van der Waals surface area contributed by atoms with Crippen molar-refractivity contribution in [3.63, 3.8) is 0 Å². The third-order valence-corrected chi connectivity index (χ3v) is 2.29. The van der Waals surface area contributed by atoms with Crippen molar-refractivity contribution in [1.29, 1.82) is 0 Å². The number of unbranched alkanes of at least 4 members (excludes halogenated alkanes) is 1. The first-order valence-corrected chi connectivity index (χ1v) is 6.03. The normalized spacial score (nSPS) is 10.9. The van der Waals surface area contributed by atoms with Crippen molar-refractivity contribution in [2.24, 2.45) is 5.73 Å². The Labute approximate surface area is 97.0 Å². The average Bonchev–Trinajstić information content (AvgIpc) is 2.73. The van der Waals surface area contributed by atoms with Gasteiger partial charge in [-0.2, -0.15) is 0 Å². The zero-order valence-corrected chi connectivity index (χ0v) is 10.1. The fourth-order valence-corrected chi connectivity index (χ4v) is 1.42. The van der Waals surface area contributed by atoms with E-state index < -0.39 is 0 Å².